The number of carbonyl (C=O) groups excluding carboxylic acids is 2. The van der Waals surface area contributed by atoms with Crippen LogP contribution in [-0.2, 0) is 14.3 Å². The lowest BCUT2D eigenvalue weighted by Gasteiger charge is -2.37. The van der Waals surface area contributed by atoms with Crippen molar-refractivity contribution in [2.24, 2.45) is 0 Å². The molecule has 3 rings (SSSR count). The van der Waals surface area contributed by atoms with Crippen molar-refractivity contribution in [1.82, 2.24) is 20.4 Å². The smallest absolute Gasteiger partial charge is 0.253 e. The van der Waals surface area contributed by atoms with Crippen LogP contribution in [0.15, 0.2) is 0 Å². The molecule has 2 saturated heterocycles. The Morgan fingerprint density at radius 2 is 1.73 bits per heavy atom. The van der Waals surface area contributed by atoms with Gasteiger partial charge in [-0.2, -0.15) is 0 Å². The molecular weight excluding hydrogens is 379 g/mol. The number of morpholine rings is 1. The maximum atomic E-state index is 12.4. The van der Waals surface area contributed by atoms with Crippen molar-refractivity contribution in [3.05, 3.63) is 0 Å². The van der Waals surface area contributed by atoms with E-state index in [1.54, 1.807) is 0 Å². The lowest BCUT2D eigenvalue weighted by atomic mass is 9.95. The van der Waals surface area contributed by atoms with Gasteiger partial charge in [0.1, 0.15) is 6.10 Å². The van der Waals surface area contributed by atoms with Gasteiger partial charge in [-0.05, 0) is 12.8 Å². The number of halogens is 2. The van der Waals surface area contributed by atoms with Gasteiger partial charge in [-0.15, -0.1) is 24.8 Å². The van der Waals surface area contributed by atoms with Gasteiger partial charge in [-0.1, -0.05) is 19.3 Å². The highest BCUT2D eigenvalue weighted by atomic mass is 35.5. The van der Waals surface area contributed by atoms with Crippen LogP contribution in [0.25, 0.3) is 0 Å². The monoisotopic (exact) mass is 410 g/mol. The molecule has 26 heavy (non-hydrogen) atoms. The number of rotatable bonds is 4. The molecule has 2 amide bonds. The number of ether oxygens (including phenoxy) is 1. The van der Waals surface area contributed by atoms with Crippen molar-refractivity contribution in [1.29, 1.82) is 0 Å². The predicted molar refractivity (Wildman–Crippen MR) is 105 cm³/mol. The summed E-state index contributed by atoms with van der Waals surface area (Å²) in [7, 11) is 0. The van der Waals surface area contributed by atoms with Gasteiger partial charge in [-0.25, -0.2) is 0 Å². The zero-order chi connectivity index (χ0) is 16.8. The van der Waals surface area contributed by atoms with Gasteiger partial charge in [0, 0.05) is 45.3 Å². The second-order valence-electron chi connectivity index (χ2n) is 7.07. The molecule has 0 radical (unpaired) electrons. The molecule has 0 aromatic carbocycles. The topological polar surface area (TPSA) is 73.9 Å². The van der Waals surface area contributed by atoms with Gasteiger partial charge in [0.15, 0.2) is 0 Å². The van der Waals surface area contributed by atoms with E-state index in [9.17, 15) is 9.59 Å². The highest BCUT2D eigenvalue weighted by Gasteiger charge is 2.29. The molecule has 9 heteroatoms. The van der Waals surface area contributed by atoms with Gasteiger partial charge in [-0.3, -0.25) is 14.5 Å². The Morgan fingerprint density at radius 3 is 2.35 bits per heavy atom. The van der Waals surface area contributed by atoms with Crippen molar-refractivity contribution in [3.8, 4) is 0 Å². The number of piperazine rings is 1. The normalized spacial score (nSPS) is 24.9. The lowest BCUT2D eigenvalue weighted by Crippen LogP contribution is -2.56. The number of hydrogen-bond acceptors (Lipinski definition) is 5. The Kier molecular flexibility index (Phi) is 10.8. The summed E-state index contributed by atoms with van der Waals surface area (Å²) in [6, 6.07) is 0.366. The predicted octanol–water partition coefficient (Wildman–Crippen LogP) is 0.412. The van der Waals surface area contributed by atoms with Crippen LogP contribution in [0.2, 0.25) is 0 Å². The molecule has 7 nitrogen and oxygen atoms in total. The summed E-state index contributed by atoms with van der Waals surface area (Å²) in [6.45, 7) is 5.31. The van der Waals surface area contributed by atoms with E-state index in [0.29, 0.717) is 38.8 Å². The van der Waals surface area contributed by atoms with Crippen molar-refractivity contribution in [3.63, 3.8) is 0 Å². The van der Waals surface area contributed by atoms with Crippen LogP contribution < -0.4 is 10.6 Å². The second-order valence-corrected chi connectivity index (χ2v) is 7.07. The Balaban J connectivity index is 0.00000169. The molecule has 2 aliphatic heterocycles. The van der Waals surface area contributed by atoms with Crippen LogP contribution in [-0.4, -0.2) is 86.2 Å². The number of carbonyl (C=O) groups is 2. The summed E-state index contributed by atoms with van der Waals surface area (Å²) in [5.74, 6) is 0.204. The maximum absolute atomic E-state index is 12.4. The zero-order valence-corrected chi connectivity index (χ0v) is 16.9. The van der Waals surface area contributed by atoms with Crippen molar-refractivity contribution in [2.45, 2.75) is 44.2 Å². The van der Waals surface area contributed by atoms with Crippen molar-refractivity contribution in [2.75, 3.05) is 52.4 Å². The van der Waals surface area contributed by atoms with E-state index >= 15 is 0 Å². The minimum atomic E-state index is -0.347. The Bertz CT molecular complexity index is 436. The summed E-state index contributed by atoms with van der Waals surface area (Å²) in [5.41, 5.74) is 0. The highest BCUT2D eigenvalue weighted by Crippen LogP contribution is 2.17. The van der Waals surface area contributed by atoms with Gasteiger partial charge in [0.2, 0.25) is 5.91 Å². The molecule has 1 unspecified atom stereocenters. The van der Waals surface area contributed by atoms with E-state index in [0.717, 1.165) is 32.5 Å². The van der Waals surface area contributed by atoms with Crippen LogP contribution in [0.1, 0.15) is 32.1 Å². The molecular formula is C17H32Cl2N4O3. The van der Waals surface area contributed by atoms with E-state index in [1.165, 1.54) is 19.3 Å². The number of hydrogen-bond donors (Lipinski definition) is 2. The molecule has 0 aromatic heterocycles. The Labute approximate surface area is 168 Å². The standard InChI is InChI=1S/C17H30N4O3.2ClH/c22-16(19-14-4-2-1-3-5-14)13-20-7-9-21(10-8-20)17(23)15-12-18-6-11-24-15;;/h14-15,18H,1-13H2,(H,19,22);2*1H. The van der Waals surface area contributed by atoms with Crippen molar-refractivity contribution >= 4 is 36.6 Å². The average Bonchev–Trinajstić information content (AvgIpc) is 2.63. The number of nitrogens with one attached hydrogen (secondary N) is 2. The molecule has 3 aliphatic rings. The highest BCUT2D eigenvalue weighted by molar-refractivity contribution is 5.85. The van der Waals surface area contributed by atoms with Crippen LogP contribution in [0.4, 0.5) is 0 Å². The van der Waals surface area contributed by atoms with E-state index in [-0.39, 0.29) is 42.7 Å². The molecule has 1 atom stereocenters. The first-order valence-corrected chi connectivity index (χ1v) is 9.35. The molecule has 152 valence electrons. The van der Waals surface area contributed by atoms with E-state index in [1.807, 2.05) is 4.90 Å². The first-order valence-electron chi connectivity index (χ1n) is 9.35. The Morgan fingerprint density at radius 1 is 1.04 bits per heavy atom. The molecule has 2 N–H and O–H groups in total. The third-order valence-electron chi connectivity index (χ3n) is 5.22. The van der Waals surface area contributed by atoms with Gasteiger partial charge in [0.05, 0.1) is 13.2 Å². The Hall–Kier alpha value is -0.600. The third-order valence-corrected chi connectivity index (χ3v) is 5.22. The fraction of sp³-hybridized carbons (Fsp3) is 0.882. The molecule has 0 bridgehead atoms. The van der Waals surface area contributed by atoms with Crippen LogP contribution >= 0.6 is 24.8 Å². The quantitative estimate of drug-likeness (QED) is 0.701. The lowest BCUT2D eigenvalue weighted by molar-refractivity contribution is -0.147. The molecule has 1 aliphatic carbocycles. The first kappa shape index (κ1) is 23.4. The minimum absolute atomic E-state index is 0. The third kappa shape index (κ3) is 6.85. The zero-order valence-electron chi connectivity index (χ0n) is 15.3. The molecule has 0 spiro atoms. The summed E-state index contributed by atoms with van der Waals surface area (Å²) in [5, 5.41) is 6.36. The maximum Gasteiger partial charge on any atom is 0.253 e. The van der Waals surface area contributed by atoms with Crippen LogP contribution in [0, 0.1) is 0 Å². The molecule has 1 saturated carbocycles. The van der Waals surface area contributed by atoms with Crippen LogP contribution in [0.5, 0.6) is 0 Å². The van der Waals surface area contributed by atoms with E-state index in [4.69, 9.17) is 4.74 Å². The van der Waals surface area contributed by atoms with Crippen molar-refractivity contribution < 1.29 is 14.3 Å². The fourth-order valence-corrected chi connectivity index (χ4v) is 3.78. The summed E-state index contributed by atoms with van der Waals surface area (Å²) in [6.07, 6.45) is 5.63. The average molecular weight is 411 g/mol. The second kappa shape index (κ2) is 12.0. The molecule has 3 fully saturated rings. The minimum Gasteiger partial charge on any atom is -0.366 e. The van der Waals surface area contributed by atoms with E-state index < -0.39 is 0 Å². The molecule has 0 aromatic rings. The molecule has 2 heterocycles. The van der Waals surface area contributed by atoms with Gasteiger partial charge >= 0.3 is 0 Å². The first-order chi connectivity index (χ1) is 11.7. The number of amides is 2. The summed E-state index contributed by atoms with van der Waals surface area (Å²) >= 11 is 0. The van der Waals surface area contributed by atoms with E-state index in [2.05, 4.69) is 15.5 Å². The fourth-order valence-electron chi connectivity index (χ4n) is 3.78. The SMILES string of the molecule is Cl.Cl.O=C(CN1CCN(C(=O)C2CNCCO2)CC1)NC1CCCCC1. The largest absolute Gasteiger partial charge is 0.366 e. The van der Waals surface area contributed by atoms with Crippen LogP contribution in [0.3, 0.4) is 0 Å². The summed E-state index contributed by atoms with van der Waals surface area (Å²) in [4.78, 5) is 28.6. The number of nitrogens with zero attached hydrogens (tertiary/aromatic N) is 2. The summed E-state index contributed by atoms with van der Waals surface area (Å²) < 4.78 is 5.54. The van der Waals surface area contributed by atoms with Gasteiger partial charge < -0.3 is 20.3 Å². The van der Waals surface area contributed by atoms with Gasteiger partial charge in [0.25, 0.3) is 5.91 Å².